The summed E-state index contributed by atoms with van der Waals surface area (Å²) in [5.74, 6) is -4.36. The van der Waals surface area contributed by atoms with Crippen LogP contribution in [0.5, 0.6) is 0 Å². The summed E-state index contributed by atoms with van der Waals surface area (Å²) < 4.78 is 12.7. The highest BCUT2D eigenvalue weighted by Gasteiger charge is 2.27. The maximum atomic E-state index is 12.7. The van der Waals surface area contributed by atoms with E-state index in [1.54, 1.807) is 0 Å². The largest absolute Gasteiger partial charge is 0.338 e. The number of hydrogen-bond acceptors (Lipinski definition) is 4. The van der Waals surface area contributed by atoms with Crippen LogP contribution < -0.4 is 0 Å². The van der Waals surface area contributed by atoms with Gasteiger partial charge in [0.2, 0.25) is 0 Å². The van der Waals surface area contributed by atoms with E-state index in [0.29, 0.717) is 0 Å². The van der Waals surface area contributed by atoms with E-state index in [0.717, 1.165) is 12.3 Å². The molecular formula is C6H5ClFNO3. The number of aromatic nitrogens is 1. The fraction of sp³-hybridized carbons (Fsp3) is 0.167. The number of hydrogen-bond donors (Lipinski definition) is 3. The van der Waals surface area contributed by atoms with Gasteiger partial charge in [0.1, 0.15) is 0 Å². The van der Waals surface area contributed by atoms with E-state index in [4.69, 9.17) is 26.9 Å². The van der Waals surface area contributed by atoms with Crippen LogP contribution in [-0.4, -0.2) is 20.3 Å². The molecule has 0 saturated carbocycles. The molecule has 0 atom stereocenters. The minimum atomic E-state index is -3.27. The summed E-state index contributed by atoms with van der Waals surface area (Å²) in [4.78, 5) is 3.19. The number of rotatable bonds is 1. The number of halogens is 2. The molecule has 0 aliphatic heterocycles. The highest BCUT2D eigenvalue weighted by atomic mass is 35.5. The molecule has 3 N–H and O–H groups in total. The van der Waals surface area contributed by atoms with Crippen molar-refractivity contribution in [3.05, 3.63) is 28.8 Å². The number of aliphatic hydroxyl groups is 3. The van der Waals surface area contributed by atoms with E-state index in [1.807, 2.05) is 0 Å². The summed E-state index contributed by atoms with van der Waals surface area (Å²) in [5, 5.41) is 25.6. The maximum absolute atomic E-state index is 12.7. The van der Waals surface area contributed by atoms with Crippen molar-refractivity contribution < 1.29 is 19.7 Å². The first-order valence-electron chi connectivity index (χ1n) is 2.90. The van der Waals surface area contributed by atoms with Crippen molar-refractivity contribution in [2.24, 2.45) is 0 Å². The average Bonchev–Trinajstić information content (AvgIpc) is 1.83. The van der Waals surface area contributed by atoms with Crippen molar-refractivity contribution in [2.75, 3.05) is 0 Å². The molecule has 0 aliphatic carbocycles. The maximum Gasteiger partial charge on any atom is 0.325 e. The highest BCUT2D eigenvalue weighted by molar-refractivity contribution is 6.30. The SMILES string of the molecule is OC(O)(O)c1ncc(Cl)cc1F. The van der Waals surface area contributed by atoms with Crippen LogP contribution in [0.2, 0.25) is 5.02 Å². The van der Waals surface area contributed by atoms with Gasteiger partial charge in [0, 0.05) is 6.20 Å². The molecule has 0 radical (unpaired) electrons. The zero-order valence-electron chi connectivity index (χ0n) is 5.70. The molecule has 4 nitrogen and oxygen atoms in total. The van der Waals surface area contributed by atoms with Crippen LogP contribution >= 0.6 is 11.6 Å². The summed E-state index contributed by atoms with van der Waals surface area (Å²) in [7, 11) is 0. The Bertz CT molecular complexity index is 299. The minimum Gasteiger partial charge on any atom is -0.338 e. The average molecular weight is 194 g/mol. The van der Waals surface area contributed by atoms with Crippen molar-refractivity contribution in [3.8, 4) is 0 Å². The lowest BCUT2D eigenvalue weighted by Gasteiger charge is -2.13. The van der Waals surface area contributed by atoms with Gasteiger partial charge in [0.05, 0.1) is 5.02 Å². The van der Waals surface area contributed by atoms with E-state index >= 15 is 0 Å². The molecule has 0 aliphatic rings. The van der Waals surface area contributed by atoms with E-state index in [9.17, 15) is 4.39 Å². The summed E-state index contributed by atoms with van der Waals surface area (Å²) >= 11 is 5.32. The summed E-state index contributed by atoms with van der Waals surface area (Å²) in [6, 6.07) is 0.807. The highest BCUT2D eigenvalue weighted by Crippen LogP contribution is 2.18. The Labute approximate surface area is 71.9 Å². The summed E-state index contributed by atoms with van der Waals surface area (Å²) in [5.41, 5.74) is -0.882. The van der Waals surface area contributed by atoms with Crippen LogP contribution in [0.25, 0.3) is 0 Å². The molecule has 12 heavy (non-hydrogen) atoms. The van der Waals surface area contributed by atoms with Crippen molar-refractivity contribution in [1.29, 1.82) is 0 Å². The Hall–Kier alpha value is -0.750. The minimum absolute atomic E-state index is 0.000463. The van der Waals surface area contributed by atoms with Crippen molar-refractivity contribution in [3.63, 3.8) is 0 Å². The van der Waals surface area contributed by atoms with Crippen molar-refractivity contribution in [1.82, 2.24) is 4.98 Å². The third kappa shape index (κ3) is 1.89. The third-order valence-corrected chi connectivity index (χ3v) is 1.33. The Morgan fingerprint density at radius 3 is 2.42 bits per heavy atom. The Morgan fingerprint density at radius 2 is 2.00 bits per heavy atom. The second kappa shape index (κ2) is 2.95. The Morgan fingerprint density at radius 1 is 1.42 bits per heavy atom. The van der Waals surface area contributed by atoms with Crippen LogP contribution in [0, 0.1) is 5.82 Å². The first kappa shape index (κ1) is 9.34. The topological polar surface area (TPSA) is 73.6 Å². The molecule has 1 aromatic rings. The smallest absolute Gasteiger partial charge is 0.325 e. The van der Waals surface area contributed by atoms with Crippen LogP contribution in [0.1, 0.15) is 5.69 Å². The molecule has 1 rings (SSSR count). The van der Waals surface area contributed by atoms with Gasteiger partial charge in [-0.2, -0.15) is 0 Å². The molecule has 66 valence electrons. The van der Waals surface area contributed by atoms with E-state index in [1.165, 1.54) is 0 Å². The van der Waals surface area contributed by atoms with E-state index < -0.39 is 17.5 Å². The molecule has 0 amide bonds. The molecule has 0 aromatic carbocycles. The molecule has 1 aromatic heterocycles. The molecule has 0 unspecified atom stereocenters. The van der Waals surface area contributed by atoms with Crippen LogP contribution in [0.3, 0.4) is 0 Å². The first-order valence-corrected chi connectivity index (χ1v) is 3.27. The Kier molecular flexibility index (Phi) is 2.29. The quantitative estimate of drug-likeness (QED) is 0.548. The van der Waals surface area contributed by atoms with Crippen molar-refractivity contribution in [2.45, 2.75) is 5.97 Å². The van der Waals surface area contributed by atoms with Crippen LogP contribution in [-0.2, 0) is 5.97 Å². The standard InChI is InChI=1S/C6H5ClFNO3/c7-3-1-4(8)5(9-2-3)6(10,11)12/h1-2,10-12H. The van der Waals surface area contributed by atoms with Gasteiger partial charge in [-0.1, -0.05) is 11.6 Å². The molecule has 1 heterocycles. The van der Waals surface area contributed by atoms with Gasteiger partial charge in [-0.05, 0) is 6.07 Å². The fourth-order valence-electron chi connectivity index (χ4n) is 0.661. The normalized spacial score (nSPS) is 11.8. The van der Waals surface area contributed by atoms with Gasteiger partial charge >= 0.3 is 5.97 Å². The van der Waals surface area contributed by atoms with Crippen molar-refractivity contribution >= 4 is 11.6 Å². The molecule has 0 fully saturated rings. The number of nitrogens with zero attached hydrogens (tertiary/aromatic N) is 1. The molecule has 0 saturated heterocycles. The molecule has 0 spiro atoms. The zero-order valence-corrected chi connectivity index (χ0v) is 6.46. The van der Waals surface area contributed by atoms with Gasteiger partial charge in [0.15, 0.2) is 11.5 Å². The summed E-state index contributed by atoms with van der Waals surface area (Å²) in [6.07, 6.45) is 0.984. The van der Waals surface area contributed by atoms with Crippen LogP contribution in [0.15, 0.2) is 12.3 Å². The van der Waals surface area contributed by atoms with Gasteiger partial charge in [-0.25, -0.2) is 9.37 Å². The van der Waals surface area contributed by atoms with Crippen LogP contribution in [0.4, 0.5) is 4.39 Å². The third-order valence-electron chi connectivity index (χ3n) is 1.13. The van der Waals surface area contributed by atoms with Gasteiger partial charge in [-0.3, -0.25) is 0 Å². The molecular weight excluding hydrogens is 189 g/mol. The monoisotopic (exact) mass is 193 g/mol. The number of pyridine rings is 1. The summed E-state index contributed by atoms with van der Waals surface area (Å²) in [6.45, 7) is 0. The zero-order chi connectivity index (χ0) is 9.35. The second-order valence-electron chi connectivity index (χ2n) is 2.12. The lowest BCUT2D eigenvalue weighted by atomic mass is 10.3. The fourth-order valence-corrected chi connectivity index (χ4v) is 0.806. The molecule has 0 bridgehead atoms. The second-order valence-corrected chi connectivity index (χ2v) is 2.56. The van der Waals surface area contributed by atoms with Gasteiger partial charge in [0.25, 0.3) is 0 Å². The predicted molar refractivity (Wildman–Crippen MR) is 37.5 cm³/mol. The first-order chi connectivity index (χ1) is 5.41. The lowest BCUT2D eigenvalue weighted by molar-refractivity contribution is -0.327. The van der Waals surface area contributed by atoms with Gasteiger partial charge in [-0.15, -0.1) is 0 Å². The Balaban J connectivity index is 3.19. The lowest BCUT2D eigenvalue weighted by Crippen LogP contribution is -2.26. The van der Waals surface area contributed by atoms with E-state index in [-0.39, 0.29) is 5.02 Å². The molecule has 6 heteroatoms. The van der Waals surface area contributed by atoms with Gasteiger partial charge < -0.3 is 15.3 Å². The van der Waals surface area contributed by atoms with E-state index in [2.05, 4.69) is 4.98 Å². The predicted octanol–water partition coefficient (Wildman–Crippen LogP) is -0.0387.